The molecule has 0 heterocycles. The molecule has 0 fully saturated rings. The van der Waals surface area contributed by atoms with E-state index in [1.54, 1.807) is 19.2 Å². The summed E-state index contributed by atoms with van der Waals surface area (Å²) in [7, 11) is 1.66. The third-order valence-corrected chi connectivity index (χ3v) is 4.41. The Morgan fingerprint density at radius 3 is 2.33 bits per heavy atom. The SMILES string of the molecule is CN=C(NCCc1ccc(Cl)cc1)NCC(Cc1ccc(F)cc1)C(N)=O. The van der Waals surface area contributed by atoms with Gasteiger partial charge in [-0.25, -0.2) is 4.39 Å². The van der Waals surface area contributed by atoms with Crippen LogP contribution in [-0.4, -0.2) is 32.0 Å². The van der Waals surface area contributed by atoms with Crippen molar-refractivity contribution in [3.8, 4) is 0 Å². The Kier molecular flexibility index (Phi) is 8.07. The Hall–Kier alpha value is -2.60. The second-order valence-electron chi connectivity index (χ2n) is 6.19. The number of aliphatic imine (C=N–C) groups is 1. The zero-order chi connectivity index (χ0) is 19.6. The Morgan fingerprint density at radius 2 is 1.74 bits per heavy atom. The molecule has 0 saturated heterocycles. The number of hydrogen-bond acceptors (Lipinski definition) is 2. The average molecular weight is 391 g/mol. The molecule has 5 nitrogen and oxygen atoms in total. The highest BCUT2D eigenvalue weighted by Crippen LogP contribution is 2.10. The van der Waals surface area contributed by atoms with Gasteiger partial charge in [0, 0.05) is 25.2 Å². The molecule has 1 unspecified atom stereocenters. The lowest BCUT2D eigenvalue weighted by Crippen LogP contribution is -2.43. The van der Waals surface area contributed by atoms with Crippen LogP contribution in [0.5, 0.6) is 0 Å². The Bertz CT molecular complexity index is 763. The molecule has 2 rings (SSSR count). The van der Waals surface area contributed by atoms with E-state index in [4.69, 9.17) is 17.3 Å². The van der Waals surface area contributed by atoms with Gasteiger partial charge in [0.2, 0.25) is 5.91 Å². The highest BCUT2D eigenvalue weighted by atomic mass is 35.5. The number of hydrogen-bond donors (Lipinski definition) is 3. The van der Waals surface area contributed by atoms with Crippen LogP contribution in [0.2, 0.25) is 5.02 Å². The third kappa shape index (κ3) is 7.27. The number of guanidine groups is 1. The number of carbonyl (C=O) groups excluding carboxylic acids is 1. The highest BCUT2D eigenvalue weighted by molar-refractivity contribution is 6.30. The Morgan fingerprint density at radius 1 is 1.11 bits per heavy atom. The molecular formula is C20H24ClFN4O. The van der Waals surface area contributed by atoms with Crippen molar-refractivity contribution in [2.75, 3.05) is 20.1 Å². The van der Waals surface area contributed by atoms with Gasteiger partial charge in [-0.2, -0.15) is 0 Å². The molecule has 0 aliphatic heterocycles. The van der Waals surface area contributed by atoms with E-state index >= 15 is 0 Å². The molecule has 27 heavy (non-hydrogen) atoms. The molecule has 0 saturated carbocycles. The number of halogens is 2. The fourth-order valence-electron chi connectivity index (χ4n) is 2.60. The maximum atomic E-state index is 13.0. The van der Waals surface area contributed by atoms with Gasteiger partial charge in [-0.05, 0) is 48.2 Å². The largest absolute Gasteiger partial charge is 0.369 e. The van der Waals surface area contributed by atoms with Gasteiger partial charge in [0.1, 0.15) is 5.82 Å². The number of nitrogens with two attached hydrogens (primary N) is 1. The maximum Gasteiger partial charge on any atom is 0.222 e. The second-order valence-corrected chi connectivity index (χ2v) is 6.62. The normalized spacial score (nSPS) is 12.5. The Labute approximate surface area is 163 Å². The lowest BCUT2D eigenvalue weighted by molar-refractivity contribution is -0.121. The molecule has 4 N–H and O–H groups in total. The van der Waals surface area contributed by atoms with Gasteiger partial charge < -0.3 is 16.4 Å². The highest BCUT2D eigenvalue weighted by Gasteiger charge is 2.16. The summed E-state index contributed by atoms with van der Waals surface area (Å²) in [5, 5.41) is 7.03. The average Bonchev–Trinajstić information content (AvgIpc) is 2.66. The third-order valence-electron chi connectivity index (χ3n) is 4.16. The first-order valence-corrected chi connectivity index (χ1v) is 9.08. The van der Waals surface area contributed by atoms with E-state index in [2.05, 4.69) is 15.6 Å². The zero-order valence-corrected chi connectivity index (χ0v) is 16.0. The second kappa shape index (κ2) is 10.5. The maximum absolute atomic E-state index is 13.0. The molecular weight excluding hydrogens is 367 g/mol. The smallest absolute Gasteiger partial charge is 0.222 e. The predicted molar refractivity (Wildman–Crippen MR) is 107 cm³/mol. The number of carbonyl (C=O) groups is 1. The number of nitrogens with one attached hydrogen (secondary N) is 2. The van der Waals surface area contributed by atoms with Gasteiger partial charge in [-0.1, -0.05) is 35.9 Å². The number of nitrogens with zero attached hydrogens (tertiary/aromatic N) is 1. The van der Waals surface area contributed by atoms with Crippen LogP contribution in [0.25, 0.3) is 0 Å². The van der Waals surface area contributed by atoms with Crippen molar-refractivity contribution >= 4 is 23.5 Å². The lowest BCUT2D eigenvalue weighted by atomic mass is 9.98. The standard InChI is InChI=1S/C20H24ClFN4O/c1-24-20(25-11-10-14-2-6-17(21)7-3-14)26-13-16(19(23)27)12-15-4-8-18(22)9-5-15/h2-9,16H,10-13H2,1H3,(H2,23,27)(H2,24,25,26). The fraction of sp³-hybridized carbons (Fsp3) is 0.300. The van der Waals surface area contributed by atoms with Crippen molar-refractivity contribution in [1.82, 2.24) is 10.6 Å². The van der Waals surface area contributed by atoms with Crippen LogP contribution in [-0.2, 0) is 17.6 Å². The van der Waals surface area contributed by atoms with Gasteiger partial charge in [-0.3, -0.25) is 9.79 Å². The van der Waals surface area contributed by atoms with Crippen molar-refractivity contribution in [2.45, 2.75) is 12.8 Å². The van der Waals surface area contributed by atoms with Gasteiger partial charge >= 0.3 is 0 Å². The van der Waals surface area contributed by atoms with E-state index in [1.807, 2.05) is 24.3 Å². The summed E-state index contributed by atoms with van der Waals surface area (Å²) < 4.78 is 13.0. The summed E-state index contributed by atoms with van der Waals surface area (Å²) in [5.41, 5.74) is 7.52. The van der Waals surface area contributed by atoms with E-state index in [-0.39, 0.29) is 5.82 Å². The molecule has 144 valence electrons. The molecule has 2 aromatic rings. The minimum Gasteiger partial charge on any atom is -0.369 e. The summed E-state index contributed by atoms with van der Waals surface area (Å²) in [6.45, 7) is 1.02. The molecule has 1 atom stereocenters. The van der Waals surface area contributed by atoms with Crippen LogP contribution in [0.3, 0.4) is 0 Å². The number of primary amides is 1. The number of benzene rings is 2. The molecule has 0 aliphatic carbocycles. The summed E-state index contributed by atoms with van der Waals surface area (Å²) >= 11 is 5.88. The van der Waals surface area contributed by atoms with Gasteiger partial charge in [0.25, 0.3) is 0 Å². The molecule has 7 heteroatoms. The van der Waals surface area contributed by atoms with Crippen LogP contribution < -0.4 is 16.4 Å². The topological polar surface area (TPSA) is 79.5 Å². The van der Waals surface area contributed by atoms with Crippen LogP contribution in [0.1, 0.15) is 11.1 Å². The van der Waals surface area contributed by atoms with Crippen molar-refractivity contribution in [3.05, 3.63) is 70.5 Å². The molecule has 1 amide bonds. The van der Waals surface area contributed by atoms with Crippen LogP contribution in [0.4, 0.5) is 4.39 Å². The number of rotatable bonds is 8. The minimum atomic E-state index is -0.426. The van der Waals surface area contributed by atoms with Crippen LogP contribution in [0.15, 0.2) is 53.5 Å². The lowest BCUT2D eigenvalue weighted by Gasteiger charge is -2.17. The van der Waals surface area contributed by atoms with E-state index in [1.165, 1.54) is 12.1 Å². The number of amides is 1. The molecule has 0 bridgehead atoms. The molecule has 0 aliphatic rings. The van der Waals surface area contributed by atoms with Crippen LogP contribution >= 0.6 is 11.6 Å². The van der Waals surface area contributed by atoms with E-state index < -0.39 is 11.8 Å². The first kappa shape index (κ1) is 20.7. The summed E-state index contributed by atoms with van der Waals surface area (Å²) in [6, 6.07) is 13.7. The van der Waals surface area contributed by atoms with Gasteiger partial charge in [0.05, 0.1) is 5.92 Å². The molecule has 0 radical (unpaired) electrons. The van der Waals surface area contributed by atoms with Gasteiger partial charge in [0.15, 0.2) is 5.96 Å². The van der Waals surface area contributed by atoms with Crippen molar-refractivity contribution in [3.63, 3.8) is 0 Å². The summed E-state index contributed by atoms with van der Waals surface area (Å²) in [4.78, 5) is 15.9. The first-order chi connectivity index (χ1) is 13.0. The first-order valence-electron chi connectivity index (χ1n) is 8.70. The van der Waals surface area contributed by atoms with E-state index in [0.29, 0.717) is 30.5 Å². The Balaban J connectivity index is 1.81. The minimum absolute atomic E-state index is 0.308. The van der Waals surface area contributed by atoms with Crippen molar-refractivity contribution in [1.29, 1.82) is 0 Å². The molecule has 2 aromatic carbocycles. The fourth-order valence-corrected chi connectivity index (χ4v) is 2.72. The quantitative estimate of drug-likeness (QED) is 0.478. The van der Waals surface area contributed by atoms with Crippen molar-refractivity contribution in [2.24, 2.45) is 16.6 Å². The van der Waals surface area contributed by atoms with E-state index in [9.17, 15) is 9.18 Å². The van der Waals surface area contributed by atoms with Gasteiger partial charge in [-0.15, -0.1) is 0 Å². The van der Waals surface area contributed by atoms with E-state index in [0.717, 1.165) is 17.5 Å². The van der Waals surface area contributed by atoms with Crippen LogP contribution in [0, 0.1) is 11.7 Å². The molecule has 0 aromatic heterocycles. The zero-order valence-electron chi connectivity index (χ0n) is 15.2. The summed E-state index contributed by atoms with van der Waals surface area (Å²) in [5.74, 6) is -0.555. The molecule has 0 spiro atoms. The van der Waals surface area contributed by atoms with Crippen molar-refractivity contribution < 1.29 is 9.18 Å². The summed E-state index contributed by atoms with van der Waals surface area (Å²) in [6.07, 6.45) is 1.25. The predicted octanol–water partition coefficient (Wildman–Crippen LogP) is 2.53. The monoisotopic (exact) mass is 390 g/mol.